The Morgan fingerprint density at radius 1 is 1.19 bits per heavy atom. The molecule has 43 heavy (non-hydrogen) atoms. The molecule has 3 heterocycles. The Labute approximate surface area is 249 Å². The SMILES string of the molecule is C=Cc1c(CN2CC(N)N(C(=O)CN(Cc3cc(-c4cnccn4)no3)NCc3ccccc3)CC2=O)cccc1N=C. The first-order valence-corrected chi connectivity index (χ1v) is 13.7. The maximum Gasteiger partial charge on any atom is 0.242 e. The van der Waals surface area contributed by atoms with Gasteiger partial charge in [-0.15, -0.1) is 0 Å². The van der Waals surface area contributed by atoms with Crippen LogP contribution in [0.5, 0.6) is 0 Å². The molecule has 1 fully saturated rings. The number of benzene rings is 2. The van der Waals surface area contributed by atoms with Crippen LogP contribution in [0.15, 0.2) is 89.3 Å². The molecule has 0 spiro atoms. The number of hydrazine groups is 1. The second-order valence-corrected chi connectivity index (χ2v) is 10.0. The normalized spacial score (nSPS) is 15.1. The Morgan fingerprint density at radius 2 is 2.02 bits per heavy atom. The molecular weight excluding hydrogens is 546 g/mol. The molecule has 12 nitrogen and oxygen atoms in total. The van der Waals surface area contributed by atoms with Gasteiger partial charge in [-0.3, -0.25) is 24.5 Å². The van der Waals surface area contributed by atoms with Crippen molar-refractivity contribution in [2.24, 2.45) is 10.7 Å². The van der Waals surface area contributed by atoms with Gasteiger partial charge in [-0.25, -0.2) is 10.4 Å². The first-order chi connectivity index (χ1) is 20.9. The highest BCUT2D eigenvalue weighted by atomic mass is 16.5. The van der Waals surface area contributed by atoms with E-state index in [1.165, 1.54) is 4.90 Å². The van der Waals surface area contributed by atoms with E-state index in [0.717, 1.165) is 16.7 Å². The molecule has 0 bridgehead atoms. The molecule has 220 valence electrons. The monoisotopic (exact) mass is 579 g/mol. The Balaban J connectivity index is 1.26. The summed E-state index contributed by atoms with van der Waals surface area (Å²) < 4.78 is 5.55. The zero-order chi connectivity index (χ0) is 30.2. The number of carbonyl (C=O) groups excluding carboxylic acids is 2. The number of amides is 2. The molecule has 2 amide bonds. The first kappa shape index (κ1) is 29.5. The van der Waals surface area contributed by atoms with Crippen LogP contribution < -0.4 is 11.2 Å². The molecule has 4 aromatic rings. The summed E-state index contributed by atoms with van der Waals surface area (Å²) in [6.07, 6.45) is 5.78. The Hall–Kier alpha value is -5.04. The Morgan fingerprint density at radius 3 is 2.77 bits per heavy atom. The summed E-state index contributed by atoms with van der Waals surface area (Å²) in [6, 6.07) is 17.2. The van der Waals surface area contributed by atoms with Crippen LogP contribution in [0.1, 0.15) is 22.5 Å². The molecule has 5 rings (SSSR count). The van der Waals surface area contributed by atoms with Gasteiger partial charge >= 0.3 is 0 Å². The Kier molecular flexibility index (Phi) is 9.42. The summed E-state index contributed by atoms with van der Waals surface area (Å²) in [4.78, 5) is 42.2. The maximum absolute atomic E-state index is 13.5. The standard InChI is InChI=1S/C31H33N9O3/c1-3-25-23(10-7-11-26(25)33-2)17-38-19-29(32)40(21-30(38)41)31(42)20-39(36-15-22-8-5-4-6-9-22)18-24-14-27(37-43-24)28-16-34-12-13-35-28/h3-14,16,29,36H,1-2,15,17-21,32H2. The van der Waals surface area contributed by atoms with Crippen molar-refractivity contribution in [3.8, 4) is 11.4 Å². The van der Waals surface area contributed by atoms with Crippen molar-refractivity contribution in [2.45, 2.75) is 25.8 Å². The zero-order valence-electron chi connectivity index (χ0n) is 23.7. The van der Waals surface area contributed by atoms with Crippen LogP contribution >= 0.6 is 0 Å². The number of aromatic nitrogens is 3. The summed E-state index contributed by atoms with van der Waals surface area (Å²) >= 11 is 0. The lowest BCUT2D eigenvalue weighted by atomic mass is 10.0. The van der Waals surface area contributed by atoms with Crippen molar-refractivity contribution in [1.82, 2.24) is 35.4 Å². The molecule has 1 aliphatic rings. The number of nitrogens with one attached hydrogen (secondary N) is 1. The van der Waals surface area contributed by atoms with Gasteiger partial charge in [0.2, 0.25) is 11.8 Å². The molecular formula is C31H33N9O3. The Bertz CT molecular complexity index is 1580. The van der Waals surface area contributed by atoms with Gasteiger partial charge in [-0.2, -0.15) is 0 Å². The fourth-order valence-corrected chi connectivity index (χ4v) is 4.88. The van der Waals surface area contributed by atoms with Crippen LogP contribution in [0, 0.1) is 0 Å². The smallest absolute Gasteiger partial charge is 0.242 e. The number of carbonyl (C=O) groups is 2. The minimum absolute atomic E-state index is 0.0529. The largest absolute Gasteiger partial charge is 0.359 e. The van der Waals surface area contributed by atoms with E-state index in [0.29, 0.717) is 35.9 Å². The van der Waals surface area contributed by atoms with Crippen molar-refractivity contribution in [1.29, 1.82) is 0 Å². The van der Waals surface area contributed by atoms with Crippen LogP contribution in [0.4, 0.5) is 5.69 Å². The quantitative estimate of drug-likeness (QED) is 0.191. The van der Waals surface area contributed by atoms with Crippen LogP contribution in [0.2, 0.25) is 0 Å². The van der Waals surface area contributed by atoms with Crippen molar-refractivity contribution in [3.63, 3.8) is 0 Å². The summed E-state index contributed by atoms with van der Waals surface area (Å²) in [5, 5.41) is 5.83. The third-order valence-corrected chi connectivity index (χ3v) is 7.10. The molecule has 1 saturated heterocycles. The minimum atomic E-state index is -0.678. The van der Waals surface area contributed by atoms with Crippen LogP contribution in [-0.4, -0.2) is 74.3 Å². The van der Waals surface area contributed by atoms with Gasteiger partial charge < -0.3 is 20.1 Å². The second kappa shape index (κ2) is 13.7. The molecule has 1 aliphatic heterocycles. The van der Waals surface area contributed by atoms with Gasteiger partial charge in [0.25, 0.3) is 0 Å². The second-order valence-electron chi connectivity index (χ2n) is 10.0. The molecule has 0 aliphatic carbocycles. The molecule has 0 radical (unpaired) electrons. The number of nitrogens with two attached hydrogens (primary N) is 1. The number of rotatable bonds is 12. The van der Waals surface area contributed by atoms with Crippen molar-refractivity contribution in [2.75, 3.05) is 19.6 Å². The van der Waals surface area contributed by atoms with E-state index in [1.54, 1.807) is 40.6 Å². The maximum atomic E-state index is 13.5. The number of nitrogens with zero attached hydrogens (tertiary/aromatic N) is 7. The molecule has 3 N–H and O–H groups in total. The van der Waals surface area contributed by atoms with E-state index in [4.69, 9.17) is 10.3 Å². The first-order valence-electron chi connectivity index (χ1n) is 13.7. The van der Waals surface area contributed by atoms with E-state index in [-0.39, 0.29) is 38.0 Å². The lowest BCUT2D eigenvalue weighted by molar-refractivity contribution is -0.150. The van der Waals surface area contributed by atoms with E-state index in [9.17, 15) is 9.59 Å². The molecule has 1 unspecified atom stereocenters. The van der Waals surface area contributed by atoms with E-state index in [1.807, 2.05) is 48.5 Å². The number of aliphatic imine (C=N–C) groups is 1. The molecule has 2 aromatic heterocycles. The van der Waals surface area contributed by atoms with Crippen LogP contribution in [0.25, 0.3) is 17.5 Å². The van der Waals surface area contributed by atoms with Crippen LogP contribution in [0.3, 0.4) is 0 Å². The molecule has 2 aromatic carbocycles. The van der Waals surface area contributed by atoms with Crippen molar-refractivity contribution >= 4 is 30.3 Å². The van der Waals surface area contributed by atoms with Gasteiger partial charge in [-0.1, -0.05) is 60.3 Å². The van der Waals surface area contributed by atoms with Crippen molar-refractivity contribution < 1.29 is 14.1 Å². The predicted octanol–water partition coefficient (Wildman–Crippen LogP) is 2.77. The van der Waals surface area contributed by atoms with Crippen molar-refractivity contribution in [3.05, 3.63) is 102 Å². The molecule has 0 saturated carbocycles. The molecule has 1 atom stereocenters. The fraction of sp³-hybridized carbons (Fsp3) is 0.226. The summed E-state index contributed by atoms with van der Waals surface area (Å²) in [5.41, 5.74) is 14.3. The average molecular weight is 580 g/mol. The van der Waals surface area contributed by atoms with E-state index >= 15 is 0 Å². The summed E-state index contributed by atoms with van der Waals surface area (Å²) in [5.74, 6) is 0.0301. The van der Waals surface area contributed by atoms with Gasteiger partial charge in [0, 0.05) is 37.1 Å². The predicted molar refractivity (Wildman–Crippen MR) is 162 cm³/mol. The summed E-state index contributed by atoms with van der Waals surface area (Å²) in [7, 11) is 0. The highest BCUT2D eigenvalue weighted by Crippen LogP contribution is 2.26. The number of piperazine rings is 1. The highest BCUT2D eigenvalue weighted by Gasteiger charge is 2.34. The topological polar surface area (TPSA) is 146 Å². The fourth-order valence-electron chi connectivity index (χ4n) is 4.88. The third kappa shape index (κ3) is 7.25. The minimum Gasteiger partial charge on any atom is -0.359 e. The van der Waals surface area contributed by atoms with Gasteiger partial charge in [-0.05, 0) is 23.9 Å². The molecule has 12 heteroatoms. The van der Waals surface area contributed by atoms with Crippen LogP contribution in [-0.2, 0) is 29.2 Å². The average Bonchev–Trinajstić information content (AvgIpc) is 3.50. The van der Waals surface area contributed by atoms with E-state index in [2.05, 4.69) is 38.8 Å². The number of hydrogen-bond acceptors (Lipinski definition) is 10. The van der Waals surface area contributed by atoms with E-state index < -0.39 is 6.17 Å². The van der Waals surface area contributed by atoms with Gasteiger partial charge in [0.1, 0.15) is 17.9 Å². The lowest BCUT2D eigenvalue weighted by Gasteiger charge is -2.40. The lowest BCUT2D eigenvalue weighted by Crippen LogP contribution is -2.62. The van der Waals surface area contributed by atoms with Gasteiger partial charge in [0.15, 0.2) is 5.76 Å². The summed E-state index contributed by atoms with van der Waals surface area (Å²) in [6.45, 7) is 8.52. The van der Waals surface area contributed by atoms with Gasteiger partial charge in [0.05, 0.1) is 37.7 Å². The zero-order valence-corrected chi connectivity index (χ0v) is 23.7. The number of hydrogen-bond donors (Lipinski definition) is 2. The third-order valence-electron chi connectivity index (χ3n) is 7.10. The highest BCUT2D eigenvalue weighted by molar-refractivity contribution is 5.87.